The van der Waals surface area contributed by atoms with Crippen LogP contribution < -0.4 is 10.6 Å². The number of nitrogens with one attached hydrogen (secondary N) is 2. The van der Waals surface area contributed by atoms with Crippen molar-refractivity contribution < 1.29 is 33.4 Å². The topological polar surface area (TPSA) is 127 Å². The zero-order chi connectivity index (χ0) is 28.8. The molecule has 2 unspecified atom stereocenters. The molecular weight excluding hydrogens is 524 g/mol. The number of hydrogen-bond acceptors (Lipinski definition) is 6. The lowest BCUT2D eigenvalue weighted by Gasteiger charge is -2.25. The summed E-state index contributed by atoms with van der Waals surface area (Å²) in [6.45, 7) is 1.95. The normalized spacial score (nSPS) is 13.5. The molecule has 2 amide bonds. The van der Waals surface area contributed by atoms with Gasteiger partial charge in [-0.2, -0.15) is 0 Å². The monoisotopic (exact) mass is 554 g/mol. The molecule has 3 N–H and O–H groups in total. The first kappa shape index (κ1) is 27.7. The molecule has 1 aliphatic carbocycles. The third kappa shape index (κ3) is 6.47. The van der Waals surface area contributed by atoms with Crippen LogP contribution in [-0.2, 0) is 27.4 Å². The summed E-state index contributed by atoms with van der Waals surface area (Å²) < 4.78 is 16.8. The van der Waals surface area contributed by atoms with Crippen molar-refractivity contribution in [1.29, 1.82) is 0 Å². The molecule has 1 heterocycles. The SMILES string of the molecule is CC(OCc1ccccc1)C(NC(=O)OCC1c2ccccc2-c2ccccc21)C(=O)NCc1ccc(C(=O)O)o1. The zero-order valence-electron chi connectivity index (χ0n) is 22.4. The van der Waals surface area contributed by atoms with E-state index in [9.17, 15) is 14.4 Å². The van der Waals surface area contributed by atoms with Gasteiger partial charge in [0.15, 0.2) is 0 Å². The molecule has 9 heteroatoms. The molecule has 41 heavy (non-hydrogen) atoms. The summed E-state index contributed by atoms with van der Waals surface area (Å²) in [5.74, 6) is -1.85. The molecule has 5 rings (SSSR count). The van der Waals surface area contributed by atoms with Crippen LogP contribution in [-0.4, -0.2) is 41.8 Å². The minimum atomic E-state index is -1.21. The molecule has 1 aromatic heterocycles. The predicted octanol–water partition coefficient (Wildman–Crippen LogP) is 5.11. The number of ether oxygens (including phenoxy) is 2. The molecule has 9 nitrogen and oxygen atoms in total. The summed E-state index contributed by atoms with van der Waals surface area (Å²) in [6, 6.07) is 27.2. The number of alkyl carbamates (subject to hydrolysis) is 1. The Bertz CT molecular complexity index is 1490. The predicted molar refractivity (Wildman–Crippen MR) is 150 cm³/mol. The number of aromatic carboxylic acids is 1. The van der Waals surface area contributed by atoms with E-state index in [1.54, 1.807) is 6.92 Å². The van der Waals surface area contributed by atoms with Crippen molar-refractivity contribution in [2.45, 2.75) is 38.1 Å². The lowest BCUT2D eigenvalue weighted by atomic mass is 9.98. The number of carboxylic acid groups (broad SMARTS) is 1. The summed E-state index contributed by atoms with van der Waals surface area (Å²) in [7, 11) is 0. The molecule has 0 saturated carbocycles. The minimum absolute atomic E-state index is 0.0691. The minimum Gasteiger partial charge on any atom is -0.475 e. The number of furan rings is 1. The number of amides is 2. The third-order valence-electron chi connectivity index (χ3n) is 7.03. The first-order chi connectivity index (χ1) is 19.9. The van der Waals surface area contributed by atoms with Gasteiger partial charge < -0.3 is 29.6 Å². The Morgan fingerprint density at radius 2 is 1.51 bits per heavy atom. The Labute approximate surface area is 237 Å². The van der Waals surface area contributed by atoms with Gasteiger partial charge in [0.25, 0.3) is 0 Å². The van der Waals surface area contributed by atoms with Gasteiger partial charge in [0, 0.05) is 5.92 Å². The van der Waals surface area contributed by atoms with Gasteiger partial charge in [0.2, 0.25) is 11.7 Å². The fourth-order valence-electron chi connectivity index (χ4n) is 4.93. The first-order valence-corrected chi connectivity index (χ1v) is 13.3. The maximum atomic E-state index is 13.2. The van der Waals surface area contributed by atoms with E-state index in [1.807, 2.05) is 66.7 Å². The molecular formula is C32H30N2O7. The van der Waals surface area contributed by atoms with Crippen molar-refractivity contribution in [1.82, 2.24) is 10.6 Å². The van der Waals surface area contributed by atoms with Gasteiger partial charge in [0.05, 0.1) is 19.3 Å². The summed E-state index contributed by atoms with van der Waals surface area (Å²) >= 11 is 0. The molecule has 1 aliphatic rings. The van der Waals surface area contributed by atoms with Crippen LogP contribution >= 0.6 is 0 Å². The molecule has 0 aliphatic heterocycles. The van der Waals surface area contributed by atoms with E-state index in [1.165, 1.54) is 12.1 Å². The van der Waals surface area contributed by atoms with E-state index in [4.69, 9.17) is 19.0 Å². The number of carboxylic acids is 1. The lowest BCUT2D eigenvalue weighted by Crippen LogP contribution is -2.53. The fraction of sp³-hybridized carbons (Fsp3) is 0.219. The molecule has 0 fully saturated rings. The highest BCUT2D eigenvalue weighted by Crippen LogP contribution is 2.44. The van der Waals surface area contributed by atoms with Gasteiger partial charge in [-0.05, 0) is 46.9 Å². The Kier molecular flexibility index (Phi) is 8.45. The number of benzene rings is 3. The van der Waals surface area contributed by atoms with E-state index in [2.05, 4.69) is 22.8 Å². The van der Waals surface area contributed by atoms with Gasteiger partial charge in [0.1, 0.15) is 18.4 Å². The molecule has 2 atom stereocenters. The van der Waals surface area contributed by atoms with Gasteiger partial charge in [-0.1, -0.05) is 78.9 Å². The van der Waals surface area contributed by atoms with Crippen LogP contribution in [0.5, 0.6) is 0 Å². The second kappa shape index (κ2) is 12.5. The van der Waals surface area contributed by atoms with Crippen LogP contribution in [0.15, 0.2) is 95.4 Å². The molecule has 3 aromatic carbocycles. The van der Waals surface area contributed by atoms with E-state index in [0.29, 0.717) is 0 Å². The summed E-state index contributed by atoms with van der Waals surface area (Å²) in [4.78, 5) is 37.3. The Morgan fingerprint density at radius 3 is 2.15 bits per heavy atom. The van der Waals surface area contributed by atoms with Gasteiger partial charge >= 0.3 is 12.1 Å². The summed E-state index contributed by atoms with van der Waals surface area (Å²) in [6.07, 6.45) is -1.48. The first-order valence-electron chi connectivity index (χ1n) is 13.3. The Morgan fingerprint density at radius 1 is 0.878 bits per heavy atom. The van der Waals surface area contributed by atoms with Crippen LogP contribution in [0.3, 0.4) is 0 Å². The third-order valence-corrected chi connectivity index (χ3v) is 7.03. The van der Waals surface area contributed by atoms with Gasteiger partial charge in [-0.25, -0.2) is 9.59 Å². The lowest BCUT2D eigenvalue weighted by molar-refractivity contribution is -0.127. The van der Waals surface area contributed by atoms with Crippen molar-refractivity contribution in [3.8, 4) is 11.1 Å². The van der Waals surface area contributed by atoms with E-state index < -0.39 is 30.1 Å². The Hall–Kier alpha value is -4.89. The van der Waals surface area contributed by atoms with Crippen molar-refractivity contribution >= 4 is 18.0 Å². The van der Waals surface area contributed by atoms with E-state index >= 15 is 0 Å². The van der Waals surface area contributed by atoms with Gasteiger partial charge in [-0.15, -0.1) is 0 Å². The number of fused-ring (bicyclic) bond motifs is 3. The number of rotatable bonds is 11. The molecule has 0 bridgehead atoms. The second-order valence-corrected chi connectivity index (χ2v) is 9.74. The molecule has 4 aromatic rings. The van der Waals surface area contributed by atoms with Crippen LogP contribution in [0, 0.1) is 0 Å². The quantitative estimate of drug-likeness (QED) is 0.235. The van der Waals surface area contributed by atoms with Gasteiger partial charge in [-0.3, -0.25) is 4.79 Å². The fourth-order valence-corrected chi connectivity index (χ4v) is 4.93. The van der Waals surface area contributed by atoms with Crippen molar-refractivity contribution in [2.75, 3.05) is 6.61 Å². The highest BCUT2D eigenvalue weighted by Gasteiger charge is 2.31. The van der Waals surface area contributed by atoms with E-state index in [-0.39, 0.29) is 37.2 Å². The average molecular weight is 555 g/mol. The molecule has 0 spiro atoms. The van der Waals surface area contributed by atoms with E-state index in [0.717, 1.165) is 27.8 Å². The summed E-state index contributed by atoms with van der Waals surface area (Å²) in [5.41, 5.74) is 5.29. The maximum Gasteiger partial charge on any atom is 0.407 e. The highest BCUT2D eigenvalue weighted by molar-refractivity contribution is 5.86. The average Bonchev–Trinajstić information content (AvgIpc) is 3.60. The largest absolute Gasteiger partial charge is 0.475 e. The molecule has 0 radical (unpaired) electrons. The number of carbonyl (C=O) groups is 3. The van der Waals surface area contributed by atoms with Crippen LogP contribution in [0.25, 0.3) is 11.1 Å². The van der Waals surface area contributed by atoms with Crippen LogP contribution in [0.4, 0.5) is 4.79 Å². The standard InChI is InChI=1S/C32H30N2O7/c1-20(39-18-21-9-3-2-4-10-21)29(30(35)33-17-22-15-16-28(41-22)31(36)37)34-32(38)40-19-27-25-13-7-5-11-23(25)24-12-6-8-14-26(24)27/h2-16,20,27,29H,17-19H2,1H3,(H,33,35)(H,34,38)(H,36,37). The highest BCUT2D eigenvalue weighted by atomic mass is 16.5. The van der Waals surface area contributed by atoms with Crippen LogP contribution in [0.2, 0.25) is 0 Å². The Balaban J connectivity index is 1.25. The maximum absolute atomic E-state index is 13.2. The summed E-state index contributed by atoms with van der Waals surface area (Å²) in [5, 5.41) is 14.4. The van der Waals surface area contributed by atoms with Crippen molar-refractivity contribution in [3.63, 3.8) is 0 Å². The number of carbonyl (C=O) groups excluding carboxylic acids is 2. The molecule has 210 valence electrons. The van der Waals surface area contributed by atoms with Crippen molar-refractivity contribution in [3.05, 3.63) is 119 Å². The molecule has 0 saturated heterocycles. The van der Waals surface area contributed by atoms with Crippen molar-refractivity contribution in [2.24, 2.45) is 0 Å². The second-order valence-electron chi connectivity index (χ2n) is 9.74. The number of hydrogen-bond donors (Lipinski definition) is 3. The van der Waals surface area contributed by atoms with Crippen LogP contribution in [0.1, 0.15) is 45.8 Å². The zero-order valence-corrected chi connectivity index (χ0v) is 22.4. The smallest absolute Gasteiger partial charge is 0.407 e.